The van der Waals surface area contributed by atoms with E-state index < -0.39 is 0 Å². The summed E-state index contributed by atoms with van der Waals surface area (Å²) < 4.78 is 4.40. The van der Waals surface area contributed by atoms with Crippen molar-refractivity contribution in [2.24, 2.45) is 0 Å². The Labute approximate surface area is 123 Å². The summed E-state index contributed by atoms with van der Waals surface area (Å²) in [6, 6.07) is 7.07. The van der Waals surface area contributed by atoms with Crippen LogP contribution in [-0.2, 0) is 6.42 Å². The van der Waals surface area contributed by atoms with E-state index >= 15 is 0 Å². The Balaban J connectivity index is 1.91. The van der Waals surface area contributed by atoms with Gasteiger partial charge in [-0.2, -0.15) is 0 Å². The number of hydrogen-bond acceptors (Lipinski definition) is 0. The molecule has 1 aliphatic carbocycles. The normalized spacial score (nSPS) is 19.0. The van der Waals surface area contributed by atoms with Gasteiger partial charge in [-0.3, -0.25) is 0 Å². The van der Waals surface area contributed by atoms with Gasteiger partial charge in [-0.15, -0.1) is 0 Å². The van der Waals surface area contributed by atoms with Crippen LogP contribution in [0.4, 0.5) is 0 Å². The first kappa shape index (κ1) is 13.1. The van der Waals surface area contributed by atoms with E-state index in [1.54, 1.807) is 11.1 Å². The molecule has 0 bridgehead atoms. The molecule has 0 saturated carbocycles. The molecule has 90 valence electrons. The summed E-state index contributed by atoms with van der Waals surface area (Å²) in [5, 5.41) is 0. The van der Waals surface area contributed by atoms with Gasteiger partial charge >= 0.3 is 124 Å². The van der Waals surface area contributed by atoms with E-state index in [0.717, 1.165) is 5.92 Å². The van der Waals surface area contributed by atoms with Crippen molar-refractivity contribution in [2.75, 3.05) is 13.3 Å². The van der Waals surface area contributed by atoms with E-state index in [1.807, 2.05) is 0 Å². The van der Waals surface area contributed by atoms with E-state index in [0.29, 0.717) is 21.2 Å². The van der Waals surface area contributed by atoms with Gasteiger partial charge in [0, 0.05) is 0 Å². The molecule has 1 atom stereocenters. The topological polar surface area (TPSA) is 0 Å². The van der Waals surface area contributed by atoms with Crippen molar-refractivity contribution in [3.8, 4) is 0 Å². The van der Waals surface area contributed by atoms with Crippen LogP contribution in [0.1, 0.15) is 35.4 Å². The Morgan fingerprint density at radius 3 is 3.06 bits per heavy atom. The molecule has 1 aromatic rings. The first-order valence-electron chi connectivity index (χ1n) is 6.00. The minimum absolute atomic E-state index is 0.502. The molecular weight excluding hydrogens is 422 g/mol. The van der Waals surface area contributed by atoms with E-state index in [-0.39, 0.29) is 0 Å². The van der Waals surface area contributed by atoms with Crippen molar-refractivity contribution in [3.63, 3.8) is 0 Å². The maximum atomic E-state index is 2.51. The number of alkyl halides is 3. The average molecular weight is 441 g/mol. The number of aryl methyl sites for hydroxylation is 2. The Morgan fingerprint density at radius 1 is 1.38 bits per heavy atom. The van der Waals surface area contributed by atoms with Crippen LogP contribution in [0.5, 0.6) is 0 Å². The van der Waals surface area contributed by atoms with Crippen LogP contribution >= 0.6 is 22.6 Å². The van der Waals surface area contributed by atoms with Crippen LogP contribution in [-0.4, -0.2) is 13.3 Å². The van der Waals surface area contributed by atoms with Crippen LogP contribution in [0.3, 0.4) is 0 Å². The molecule has 0 spiro atoms. The summed E-state index contributed by atoms with van der Waals surface area (Å²) in [5.74, 6) is 0.893. The monoisotopic (exact) mass is 441 g/mol. The van der Waals surface area contributed by atoms with Gasteiger partial charge < -0.3 is 0 Å². The van der Waals surface area contributed by atoms with E-state index in [1.165, 1.54) is 38.1 Å². The van der Waals surface area contributed by atoms with Crippen molar-refractivity contribution in [3.05, 3.63) is 34.9 Å². The third-order valence-corrected chi connectivity index (χ3v) is 8.59. The van der Waals surface area contributed by atoms with Crippen LogP contribution < -0.4 is 21.2 Å². The van der Waals surface area contributed by atoms with Crippen molar-refractivity contribution in [2.45, 2.75) is 32.1 Å². The second-order valence-corrected chi connectivity index (χ2v) is 8.80. The first-order chi connectivity index (χ1) is 7.81. The zero-order chi connectivity index (χ0) is 11.4. The fourth-order valence-electron chi connectivity index (χ4n) is 2.49. The van der Waals surface area contributed by atoms with Gasteiger partial charge in [-0.25, -0.2) is 0 Å². The van der Waals surface area contributed by atoms with Crippen molar-refractivity contribution in [1.29, 1.82) is 0 Å². The zero-order valence-electron chi connectivity index (χ0n) is 9.81. The van der Waals surface area contributed by atoms with Gasteiger partial charge in [0.2, 0.25) is 0 Å². The van der Waals surface area contributed by atoms with Gasteiger partial charge in [0.25, 0.3) is 0 Å². The molecule has 0 aromatic heterocycles. The molecule has 1 aliphatic rings. The van der Waals surface area contributed by atoms with E-state index in [4.69, 9.17) is 0 Å². The van der Waals surface area contributed by atoms with Crippen LogP contribution in [0.25, 0.3) is 0 Å². The fourth-order valence-corrected chi connectivity index (χ4v) is 6.44. The molecule has 0 fully saturated rings. The molecule has 2 heteroatoms. The molecule has 0 nitrogen and oxygen atoms in total. The molecule has 0 heterocycles. The van der Waals surface area contributed by atoms with Gasteiger partial charge in [0.1, 0.15) is 0 Å². The predicted molar refractivity (Wildman–Crippen MR) is 75.5 cm³/mol. The van der Waals surface area contributed by atoms with E-state index in [9.17, 15) is 0 Å². The summed E-state index contributed by atoms with van der Waals surface area (Å²) in [7, 11) is 0. The molecule has 0 saturated heterocycles. The first-order valence-corrected chi connectivity index (χ1v) is 10.6. The summed E-state index contributed by atoms with van der Waals surface area (Å²) >= 11 is 3.01. The van der Waals surface area contributed by atoms with Crippen molar-refractivity contribution in [1.82, 2.24) is 0 Å². The molecule has 0 amide bonds. The third kappa shape index (κ3) is 3.34. The molecule has 0 aliphatic heterocycles. The van der Waals surface area contributed by atoms with Gasteiger partial charge in [-0.05, 0) is 0 Å². The summed E-state index contributed by atoms with van der Waals surface area (Å²) in [5.41, 5.74) is 4.73. The number of hydrogen-bond donors (Lipinski definition) is 0. The van der Waals surface area contributed by atoms with Gasteiger partial charge in [0.05, 0.1) is 0 Å². The number of benzene rings is 1. The summed E-state index contributed by atoms with van der Waals surface area (Å²) in [4.78, 5) is 0. The van der Waals surface area contributed by atoms with Crippen molar-refractivity contribution < 1.29 is 21.2 Å². The fraction of sp³-hybridized carbons (Fsp3) is 0.571. The van der Waals surface area contributed by atoms with Crippen molar-refractivity contribution >= 4 is 22.6 Å². The Bertz CT molecular complexity index is 347. The maximum absolute atomic E-state index is 2.51. The number of halogens is 2. The number of rotatable bonds is 5. The summed E-state index contributed by atoms with van der Waals surface area (Å²) in [6.45, 7) is 2.21. The third-order valence-electron chi connectivity index (χ3n) is 3.30. The SMILES string of the molecule is Cc1ccc2c(c1)CCC2CC[I-]CCI. The van der Waals surface area contributed by atoms with Crippen LogP contribution in [0.15, 0.2) is 18.2 Å². The Morgan fingerprint density at radius 2 is 2.25 bits per heavy atom. The predicted octanol–water partition coefficient (Wildman–Crippen LogP) is 0.939. The van der Waals surface area contributed by atoms with E-state index in [2.05, 4.69) is 47.7 Å². The zero-order valence-corrected chi connectivity index (χ0v) is 14.1. The molecule has 16 heavy (non-hydrogen) atoms. The molecular formula is C14H19I2-. The molecule has 1 aromatic carbocycles. The van der Waals surface area contributed by atoms with Crippen LogP contribution in [0.2, 0.25) is 0 Å². The molecule has 0 N–H and O–H groups in total. The standard InChI is InChI=1S/C14H19I2/c1-11-2-5-14-12(3-4-13(14)10-11)6-8-16-9-7-15/h2,5,10,12H,3-4,6-9H2,1H3/q-1. The molecule has 1 unspecified atom stereocenters. The van der Waals surface area contributed by atoms with Gasteiger partial charge in [-0.1, -0.05) is 0 Å². The number of fused-ring (bicyclic) bond motifs is 1. The summed E-state index contributed by atoms with van der Waals surface area (Å²) in [6.07, 6.45) is 4.19. The van der Waals surface area contributed by atoms with Gasteiger partial charge in [0.15, 0.2) is 0 Å². The second-order valence-electron chi connectivity index (χ2n) is 4.48. The molecule has 0 radical (unpaired) electrons. The second kappa shape index (κ2) is 6.57. The van der Waals surface area contributed by atoms with Crippen LogP contribution in [0, 0.1) is 6.92 Å². The minimum atomic E-state index is 0.502. The quantitative estimate of drug-likeness (QED) is 0.363. The Hall–Kier alpha value is 0.680. The Kier molecular flexibility index (Phi) is 5.39. The molecule has 2 rings (SSSR count). The average Bonchev–Trinajstić information content (AvgIpc) is 2.67.